The molecule has 5 nitrogen and oxygen atoms in total. The van der Waals surface area contributed by atoms with Gasteiger partial charge in [0.05, 0.1) is 0 Å². The molecular weight excluding hydrogens is 292 g/mol. The van der Waals surface area contributed by atoms with Crippen molar-refractivity contribution in [1.29, 1.82) is 0 Å². The summed E-state index contributed by atoms with van der Waals surface area (Å²) in [5.41, 5.74) is 1.15. The molecule has 0 aliphatic carbocycles. The van der Waals surface area contributed by atoms with Gasteiger partial charge in [0.15, 0.2) is 6.61 Å². The molecule has 1 fully saturated rings. The smallest absolute Gasteiger partial charge is 0.260 e. The number of likely N-dealkylation sites (tertiary alicyclic amines) is 1. The van der Waals surface area contributed by atoms with Crippen LogP contribution in [0, 0.1) is 12.8 Å². The molecule has 0 unspecified atom stereocenters. The molecule has 23 heavy (non-hydrogen) atoms. The van der Waals surface area contributed by atoms with Crippen LogP contribution in [0.25, 0.3) is 0 Å². The second kappa shape index (κ2) is 8.36. The summed E-state index contributed by atoms with van der Waals surface area (Å²) in [6.07, 6.45) is 3.05. The van der Waals surface area contributed by atoms with Crippen LogP contribution in [0.4, 0.5) is 0 Å². The maximum Gasteiger partial charge on any atom is 0.260 e. The van der Waals surface area contributed by atoms with E-state index in [2.05, 4.69) is 11.9 Å². The minimum atomic E-state index is -0.0319. The minimum absolute atomic E-state index is 0.0167. The Bertz CT molecular complexity index is 546. The SMILES string of the molecule is C=CCNC(=O)C1CCN(C(=O)COc2ccc(C)cc2)CC1. The van der Waals surface area contributed by atoms with Crippen molar-refractivity contribution in [1.82, 2.24) is 10.2 Å². The van der Waals surface area contributed by atoms with E-state index in [1.807, 2.05) is 31.2 Å². The fourth-order valence-corrected chi connectivity index (χ4v) is 2.58. The van der Waals surface area contributed by atoms with E-state index in [1.54, 1.807) is 11.0 Å². The normalized spacial score (nSPS) is 15.1. The topological polar surface area (TPSA) is 58.6 Å². The monoisotopic (exact) mass is 316 g/mol. The number of piperidine rings is 1. The molecule has 0 radical (unpaired) electrons. The molecule has 5 heteroatoms. The average Bonchev–Trinajstić information content (AvgIpc) is 2.59. The number of nitrogens with zero attached hydrogens (tertiary/aromatic N) is 1. The van der Waals surface area contributed by atoms with Gasteiger partial charge in [-0.15, -0.1) is 6.58 Å². The number of carbonyl (C=O) groups excluding carboxylic acids is 2. The lowest BCUT2D eigenvalue weighted by molar-refractivity contribution is -0.137. The number of rotatable bonds is 6. The lowest BCUT2D eigenvalue weighted by Crippen LogP contribution is -2.44. The van der Waals surface area contributed by atoms with Gasteiger partial charge in [0.2, 0.25) is 5.91 Å². The standard InChI is InChI=1S/C18H24N2O3/c1-3-10-19-18(22)15-8-11-20(12-9-15)17(21)13-23-16-6-4-14(2)5-7-16/h3-7,15H,1,8-13H2,2H3,(H,19,22). The van der Waals surface area contributed by atoms with Crippen LogP contribution >= 0.6 is 0 Å². The second-order valence-electron chi connectivity index (χ2n) is 5.79. The first-order chi connectivity index (χ1) is 11.1. The largest absolute Gasteiger partial charge is 0.484 e. The van der Waals surface area contributed by atoms with E-state index >= 15 is 0 Å². The third-order valence-corrected chi connectivity index (χ3v) is 4.02. The quantitative estimate of drug-likeness (QED) is 0.816. The van der Waals surface area contributed by atoms with Crippen LogP contribution in [0.5, 0.6) is 5.75 Å². The summed E-state index contributed by atoms with van der Waals surface area (Å²) < 4.78 is 5.52. The van der Waals surface area contributed by atoms with E-state index in [0.717, 1.165) is 5.56 Å². The molecule has 124 valence electrons. The number of hydrogen-bond acceptors (Lipinski definition) is 3. The summed E-state index contributed by atoms with van der Waals surface area (Å²) in [4.78, 5) is 25.8. The molecule has 1 aliphatic heterocycles. The van der Waals surface area contributed by atoms with Crippen molar-refractivity contribution in [3.05, 3.63) is 42.5 Å². The average molecular weight is 316 g/mol. The van der Waals surface area contributed by atoms with Crippen LogP contribution < -0.4 is 10.1 Å². The molecule has 0 saturated carbocycles. The fourth-order valence-electron chi connectivity index (χ4n) is 2.58. The molecular formula is C18H24N2O3. The van der Waals surface area contributed by atoms with Gasteiger partial charge in [-0.25, -0.2) is 0 Å². The molecule has 0 spiro atoms. The molecule has 1 heterocycles. The predicted molar refractivity (Wildman–Crippen MR) is 89.2 cm³/mol. The Labute approximate surface area is 137 Å². The van der Waals surface area contributed by atoms with Crippen molar-refractivity contribution in [3.63, 3.8) is 0 Å². The number of benzene rings is 1. The van der Waals surface area contributed by atoms with E-state index in [-0.39, 0.29) is 24.3 Å². The molecule has 0 aromatic heterocycles. The summed E-state index contributed by atoms with van der Waals surface area (Å²) in [5.74, 6) is 0.697. The van der Waals surface area contributed by atoms with Gasteiger partial charge in [-0.1, -0.05) is 23.8 Å². The number of hydrogen-bond donors (Lipinski definition) is 1. The summed E-state index contributed by atoms with van der Waals surface area (Å²) in [5, 5.41) is 2.81. The van der Waals surface area contributed by atoms with Crippen LogP contribution in [0.15, 0.2) is 36.9 Å². The van der Waals surface area contributed by atoms with Crippen LogP contribution in [0.3, 0.4) is 0 Å². The van der Waals surface area contributed by atoms with Crippen molar-refractivity contribution in [3.8, 4) is 5.75 Å². The number of amides is 2. The molecule has 2 amide bonds. The zero-order chi connectivity index (χ0) is 16.7. The molecule has 0 atom stereocenters. The van der Waals surface area contributed by atoms with Crippen molar-refractivity contribution in [2.45, 2.75) is 19.8 Å². The maximum absolute atomic E-state index is 12.2. The summed E-state index contributed by atoms with van der Waals surface area (Å²) in [6.45, 7) is 7.31. The van der Waals surface area contributed by atoms with Crippen LogP contribution in [-0.2, 0) is 9.59 Å². The Morgan fingerprint density at radius 1 is 1.30 bits per heavy atom. The van der Waals surface area contributed by atoms with Crippen LogP contribution in [-0.4, -0.2) is 43.0 Å². The first-order valence-electron chi connectivity index (χ1n) is 7.96. The lowest BCUT2D eigenvalue weighted by Gasteiger charge is -2.31. The Balaban J connectivity index is 1.74. The Morgan fingerprint density at radius 2 is 1.96 bits per heavy atom. The first-order valence-corrected chi connectivity index (χ1v) is 7.96. The van der Waals surface area contributed by atoms with Gasteiger partial charge in [0.25, 0.3) is 5.91 Å². The summed E-state index contributed by atoms with van der Waals surface area (Å²) >= 11 is 0. The Morgan fingerprint density at radius 3 is 2.57 bits per heavy atom. The maximum atomic E-state index is 12.2. The molecule has 1 aliphatic rings. The minimum Gasteiger partial charge on any atom is -0.484 e. The summed E-state index contributed by atoms with van der Waals surface area (Å²) in [7, 11) is 0. The number of ether oxygens (including phenoxy) is 1. The molecule has 1 N–H and O–H groups in total. The zero-order valence-corrected chi connectivity index (χ0v) is 13.6. The zero-order valence-electron chi connectivity index (χ0n) is 13.6. The molecule has 0 bridgehead atoms. The van der Waals surface area contributed by atoms with E-state index in [1.165, 1.54) is 0 Å². The van der Waals surface area contributed by atoms with Crippen molar-refractivity contribution in [2.24, 2.45) is 5.92 Å². The first kappa shape index (κ1) is 17.1. The van der Waals surface area contributed by atoms with E-state index in [9.17, 15) is 9.59 Å². The van der Waals surface area contributed by atoms with Crippen molar-refractivity contribution in [2.75, 3.05) is 26.2 Å². The Kier molecular flexibility index (Phi) is 6.20. The predicted octanol–water partition coefficient (Wildman–Crippen LogP) is 1.91. The van der Waals surface area contributed by atoms with Gasteiger partial charge in [-0.2, -0.15) is 0 Å². The van der Waals surface area contributed by atoms with E-state index < -0.39 is 0 Å². The van der Waals surface area contributed by atoms with Gasteiger partial charge in [-0.05, 0) is 31.9 Å². The van der Waals surface area contributed by atoms with Gasteiger partial charge >= 0.3 is 0 Å². The van der Waals surface area contributed by atoms with Gasteiger partial charge < -0.3 is 15.0 Å². The number of carbonyl (C=O) groups is 2. The highest BCUT2D eigenvalue weighted by molar-refractivity contribution is 5.80. The van der Waals surface area contributed by atoms with E-state index in [4.69, 9.17) is 4.74 Å². The molecule has 2 rings (SSSR count). The highest BCUT2D eigenvalue weighted by Crippen LogP contribution is 2.18. The molecule has 1 aromatic carbocycles. The van der Waals surface area contributed by atoms with Crippen LogP contribution in [0.1, 0.15) is 18.4 Å². The highest BCUT2D eigenvalue weighted by atomic mass is 16.5. The van der Waals surface area contributed by atoms with Gasteiger partial charge in [0, 0.05) is 25.6 Å². The third-order valence-electron chi connectivity index (χ3n) is 4.02. The number of aryl methyl sites for hydroxylation is 1. The van der Waals surface area contributed by atoms with Crippen LogP contribution in [0.2, 0.25) is 0 Å². The fraction of sp³-hybridized carbons (Fsp3) is 0.444. The van der Waals surface area contributed by atoms with Gasteiger partial charge in [-0.3, -0.25) is 9.59 Å². The molecule has 1 saturated heterocycles. The summed E-state index contributed by atoms with van der Waals surface area (Å²) in [6, 6.07) is 7.62. The van der Waals surface area contributed by atoms with Gasteiger partial charge in [0.1, 0.15) is 5.75 Å². The third kappa shape index (κ3) is 5.13. The number of nitrogens with one attached hydrogen (secondary N) is 1. The second-order valence-corrected chi connectivity index (χ2v) is 5.79. The Hall–Kier alpha value is -2.30. The van der Waals surface area contributed by atoms with Crippen molar-refractivity contribution >= 4 is 11.8 Å². The molecule has 1 aromatic rings. The lowest BCUT2D eigenvalue weighted by atomic mass is 9.96. The van der Waals surface area contributed by atoms with E-state index in [0.29, 0.717) is 38.2 Å². The van der Waals surface area contributed by atoms with Crippen molar-refractivity contribution < 1.29 is 14.3 Å². The highest BCUT2D eigenvalue weighted by Gasteiger charge is 2.27.